The molecule has 4 rings (SSSR count). The fourth-order valence-corrected chi connectivity index (χ4v) is 3.25. The highest BCUT2D eigenvalue weighted by Gasteiger charge is 2.31. The molecule has 0 fully saturated rings. The molecule has 1 amide bonds. The Morgan fingerprint density at radius 1 is 1.32 bits per heavy atom. The molecule has 0 saturated heterocycles. The standard InChI is InChI=1S/C17H19N7O/c1-12-4-3-5-15(21-12)17(25)23-6-7-24-14(8-19-16(24)13(23)2)9-22-11-18-10-20-22/h3-5,8,10-11,13H,6-7,9H2,1-2H3/t13-/m0/s1. The normalized spacial score (nSPS) is 16.7. The van der Waals surface area contributed by atoms with Crippen LogP contribution in [0.25, 0.3) is 0 Å². The number of imidazole rings is 1. The Bertz CT molecular complexity index is 900. The van der Waals surface area contributed by atoms with Crippen LogP contribution in [0.3, 0.4) is 0 Å². The zero-order valence-corrected chi connectivity index (χ0v) is 14.2. The second kappa shape index (κ2) is 6.12. The summed E-state index contributed by atoms with van der Waals surface area (Å²) in [7, 11) is 0. The van der Waals surface area contributed by atoms with Crippen molar-refractivity contribution in [3.63, 3.8) is 0 Å². The van der Waals surface area contributed by atoms with E-state index in [9.17, 15) is 4.79 Å². The van der Waals surface area contributed by atoms with Gasteiger partial charge in [-0.3, -0.25) is 4.79 Å². The molecule has 0 unspecified atom stereocenters. The van der Waals surface area contributed by atoms with Crippen LogP contribution in [-0.4, -0.2) is 46.7 Å². The third-order valence-electron chi connectivity index (χ3n) is 4.53. The minimum absolute atomic E-state index is 0.0525. The number of fused-ring (bicyclic) bond motifs is 1. The molecule has 1 aliphatic rings. The van der Waals surface area contributed by atoms with Crippen LogP contribution in [0, 0.1) is 6.92 Å². The molecule has 0 bridgehead atoms. The summed E-state index contributed by atoms with van der Waals surface area (Å²) < 4.78 is 3.93. The highest BCUT2D eigenvalue weighted by molar-refractivity contribution is 5.92. The number of carbonyl (C=O) groups excluding carboxylic acids is 1. The lowest BCUT2D eigenvalue weighted by Gasteiger charge is -2.34. The Labute approximate surface area is 145 Å². The van der Waals surface area contributed by atoms with Crippen LogP contribution in [0.2, 0.25) is 0 Å². The van der Waals surface area contributed by atoms with Gasteiger partial charge < -0.3 is 9.47 Å². The van der Waals surface area contributed by atoms with E-state index in [1.54, 1.807) is 17.1 Å². The van der Waals surface area contributed by atoms with Gasteiger partial charge in [0, 0.05) is 18.8 Å². The van der Waals surface area contributed by atoms with Gasteiger partial charge in [-0.05, 0) is 26.0 Å². The molecule has 8 heteroatoms. The lowest BCUT2D eigenvalue weighted by Crippen LogP contribution is -2.42. The molecule has 0 N–H and O–H groups in total. The predicted octanol–water partition coefficient (Wildman–Crippen LogP) is 1.44. The largest absolute Gasteiger partial charge is 0.327 e. The number of pyridine rings is 1. The van der Waals surface area contributed by atoms with Crippen molar-refractivity contribution >= 4 is 5.91 Å². The van der Waals surface area contributed by atoms with E-state index in [2.05, 4.69) is 24.6 Å². The van der Waals surface area contributed by atoms with Crippen molar-refractivity contribution < 1.29 is 4.79 Å². The second-order valence-corrected chi connectivity index (χ2v) is 6.19. The molecule has 0 saturated carbocycles. The van der Waals surface area contributed by atoms with Crippen molar-refractivity contribution in [2.24, 2.45) is 0 Å². The van der Waals surface area contributed by atoms with Crippen molar-refractivity contribution in [1.82, 2.24) is 34.2 Å². The summed E-state index contributed by atoms with van der Waals surface area (Å²) in [6.07, 6.45) is 5.06. The van der Waals surface area contributed by atoms with Gasteiger partial charge in [0.25, 0.3) is 5.91 Å². The van der Waals surface area contributed by atoms with Gasteiger partial charge in [0.1, 0.15) is 24.2 Å². The Morgan fingerprint density at radius 2 is 2.20 bits per heavy atom. The maximum atomic E-state index is 12.8. The van der Waals surface area contributed by atoms with E-state index in [4.69, 9.17) is 0 Å². The second-order valence-electron chi connectivity index (χ2n) is 6.19. The first-order valence-corrected chi connectivity index (χ1v) is 8.25. The van der Waals surface area contributed by atoms with Crippen LogP contribution in [0.5, 0.6) is 0 Å². The summed E-state index contributed by atoms with van der Waals surface area (Å²) in [5.74, 6) is 0.839. The summed E-state index contributed by atoms with van der Waals surface area (Å²) in [5, 5.41) is 4.14. The first kappa shape index (κ1) is 15.5. The molecule has 1 atom stereocenters. The first-order chi connectivity index (χ1) is 12.1. The molecule has 3 aromatic rings. The van der Waals surface area contributed by atoms with Crippen LogP contribution < -0.4 is 0 Å². The van der Waals surface area contributed by atoms with E-state index in [1.807, 2.05) is 37.1 Å². The van der Waals surface area contributed by atoms with E-state index in [0.29, 0.717) is 25.3 Å². The van der Waals surface area contributed by atoms with E-state index in [-0.39, 0.29) is 11.9 Å². The first-order valence-electron chi connectivity index (χ1n) is 8.25. The Kier molecular flexibility index (Phi) is 3.79. The molecule has 4 heterocycles. The molecule has 0 spiro atoms. The number of rotatable bonds is 3. The summed E-state index contributed by atoms with van der Waals surface area (Å²) in [5.41, 5.74) is 2.38. The number of hydrogen-bond acceptors (Lipinski definition) is 5. The van der Waals surface area contributed by atoms with Gasteiger partial charge in [-0.2, -0.15) is 5.10 Å². The van der Waals surface area contributed by atoms with Gasteiger partial charge in [-0.1, -0.05) is 6.07 Å². The molecule has 0 aromatic carbocycles. The topological polar surface area (TPSA) is 81.7 Å². The van der Waals surface area contributed by atoms with Gasteiger partial charge >= 0.3 is 0 Å². The van der Waals surface area contributed by atoms with E-state index >= 15 is 0 Å². The van der Waals surface area contributed by atoms with E-state index in [1.165, 1.54) is 6.33 Å². The maximum Gasteiger partial charge on any atom is 0.273 e. The third kappa shape index (κ3) is 2.79. The van der Waals surface area contributed by atoms with Gasteiger partial charge in [-0.25, -0.2) is 19.6 Å². The molecular formula is C17H19N7O. The molecule has 8 nitrogen and oxygen atoms in total. The third-order valence-corrected chi connectivity index (χ3v) is 4.53. The van der Waals surface area contributed by atoms with Crippen molar-refractivity contribution in [3.8, 4) is 0 Å². The summed E-state index contributed by atoms with van der Waals surface area (Å²) in [6, 6.07) is 5.41. The molecule has 3 aromatic heterocycles. The van der Waals surface area contributed by atoms with Crippen LogP contribution in [-0.2, 0) is 13.1 Å². The van der Waals surface area contributed by atoms with E-state index < -0.39 is 0 Å². The van der Waals surface area contributed by atoms with Crippen LogP contribution >= 0.6 is 0 Å². The minimum atomic E-state index is -0.104. The summed E-state index contributed by atoms with van der Waals surface area (Å²) in [6.45, 7) is 5.85. The molecule has 128 valence electrons. The number of carbonyl (C=O) groups is 1. The average Bonchev–Trinajstić information content (AvgIpc) is 3.26. The summed E-state index contributed by atoms with van der Waals surface area (Å²) >= 11 is 0. The fraction of sp³-hybridized carbons (Fsp3) is 0.353. The molecular weight excluding hydrogens is 318 g/mol. The molecule has 1 aliphatic heterocycles. The van der Waals surface area contributed by atoms with Crippen LogP contribution in [0.15, 0.2) is 37.1 Å². The van der Waals surface area contributed by atoms with Gasteiger partial charge in [0.2, 0.25) is 0 Å². The van der Waals surface area contributed by atoms with Gasteiger partial charge in [-0.15, -0.1) is 0 Å². The number of aryl methyl sites for hydroxylation is 1. The van der Waals surface area contributed by atoms with Crippen LogP contribution in [0.4, 0.5) is 0 Å². The highest BCUT2D eigenvalue weighted by Crippen LogP contribution is 2.26. The number of aromatic nitrogens is 6. The van der Waals surface area contributed by atoms with Crippen LogP contribution in [0.1, 0.15) is 40.7 Å². The van der Waals surface area contributed by atoms with Crippen molar-refractivity contribution in [1.29, 1.82) is 0 Å². The lowest BCUT2D eigenvalue weighted by atomic mass is 10.1. The Hall–Kier alpha value is -3.03. The number of nitrogens with zero attached hydrogens (tertiary/aromatic N) is 7. The van der Waals surface area contributed by atoms with Gasteiger partial charge in [0.15, 0.2) is 0 Å². The summed E-state index contributed by atoms with van der Waals surface area (Å²) in [4.78, 5) is 27.6. The quantitative estimate of drug-likeness (QED) is 0.722. The fourth-order valence-electron chi connectivity index (χ4n) is 3.25. The average molecular weight is 337 g/mol. The zero-order chi connectivity index (χ0) is 17.4. The monoisotopic (exact) mass is 337 g/mol. The molecule has 25 heavy (non-hydrogen) atoms. The molecule has 0 aliphatic carbocycles. The Morgan fingerprint density at radius 3 is 2.96 bits per heavy atom. The predicted molar refractivity (Wildman–Crippen MR) is 89.8 cm³/mol. The van der Waals surface area contributed by atoms with Crippen molar-refractivity contribution in [3.05, 3.63) is 60.0 Å². The van der Waals surface area contributed by atoms with Crippen molar-refractivity contribution in [2.75, 3.05) is 6.54 Å². The maximum absolute atomic E-state index is 12.8. The smallest absolute Gasteiger partial charge is 0.273 e. The molecule has 0 radical (unpaired) electrons. The van der Waals surface area contributed by atoms with E-state index in [0.717, 1.165) is 17.2 Å². The Balaban J connectivity index is 1.58. The minimum Gasteiger partial charge on any atom is -0.327 e. The van der Waals surface area contributed by atoms with Crippen molar-refractivity contribution in [2.45, 2.75) is 33.0 Å². The SMILES string of the molecule is Cc1cccc(C(=O)N2CCn3c(Cn4cncn4)cnc3[C@@H]2C)n1. The highest BCUT2D eigenvalue weighted by atomic mass is 16.2. The van der Waals surface area contributed by atoms with Gasteiger partial charge in [0.05, 0.1) is 24.5 Å². The number of amides is 1. The number of hydrogen-bond donors (Lipinski definition) is 0. The lowest BCUT2D eigenvalue weighted by molar-refractivity contribution is 0.0629. The zero-order valence-electron chi connectivity index (χ0n) is 14.2.